The number of piperazine rings is 1. The van der Waals surface area contributed by atoms with Crippen LogP contribution in [0.1, 0.15) is 12.0 Å². The lowest BCUT2D eigenvalue weighted by Crippen LogP contribution is -2.49. The average molecular weight is 393 g/mol. The maximum Gasteiger partial charge on any atom is 0.319 e. The second-order valence-electron chi connectivity index (χ2n) is 6.99. The van der Waals surface area contributed by atoms with E-state index in [0.29, 0.717) is 13.0 Å². The summed E-state index contributed by atoms with van der Waals surface area (Å²) >= 11 is 0. The molecule has 1 fully saturated rings. The molecule has 2 aromatic rings. The summed E-state index contributed by atoms with van der Waals surface area (Å²) in [6.45, 7) is 4.41. The van der Waals surface area contributed by atoms with Crippen LogP contribution in [0.4, 0.5) is 10.5 Å². The molecule has 0 aromatic heterocycles. The molecule has 152 valence electrons. The molecule has 0 saturated carbocycles. The van der Waals surface area contributed by atoms with E-state index >= 15 is 0 Å². The van der Waals surface area contributed by atoms with Gasteiger partial charge in [0.1, 0.15) is 0 Å². The van der Waals surface area contributed by atoms with E-state index in [4.69, 9.17) is 0 Å². The van der Waals surface area contributed by atoms with Crippen molar-refractivity contribution in [2.45, 2.75) is 6.42 Å². The molecule has 2 aromatic carbocycles. The molecule has 0 radical (unpaired) electrons. The predicted molar refractivity (Wildman–Crippen MR) is 117 cm³/mol. The first-order valence-electron chi connectivity index (χ1n) is 10.0. The fourth-order valence-electron chi connectivity index (χ4n) is 3.22. The van der Waals surface area contributed by atoms with Crippen molar-refractivity contribution >= 4 is 23.7 Å². The van der Waals surface area contributed by atoms with Crippen LogP contribution in [-0.2, 0) is 4.79 Å². The van der Waals surface area contributed by atoms with E-state index in [0.717, 1.165) is 38.4 Å². The van der Waals surface area contributed by atoms with Gasteiger partial charge in [0.25, 0.3) is 0 Å². The van der Waals surface area contributed by atoms with Crippen molar-refractivity contribution in [1.82, 2.24) is 15.1 Å². The normalized spacial score (nSPS) is 14.7. The number of hydrogen-bond donors (Lipinski definition) is 2. The fraction of sp³-hybridized carbons (Fsp3) is 0.304. The van der Waals surface area contributed by atoms with E-state index in [2.05, 4.69) is 39.8 Å². The Bertz CT molecular complexity index is 800. The molecule has 0 spiro atoms. The number of nitrogens with zero attached hydrogens (tertiary/aromatic N) is 2. The Morgan fingerprint density at radius 1 is 0.897 bits per heavy atom. The minimum atomic E-state index is -0.293. The quantitative estimate of drug-likeness (QED) is 0.761. The fourth-order valence-corrected chi connectivity index (χ4v) is 3.22. The van der Waals surface area contributed by atoms with E-state index in [1.54, 1.807) is 0 Å². The number of urea groups is 1. The number of hydrogen-bond acceptors (Lipinski definition) is 3. The minimum absolute atomic E-state index is 0.0875. The topological polar surface area (TPSA) is 64.7 Å². The molecule has 3 rings (SSSR count). The highest BCUT2D eigenvalue weighted by Crippen LogP contribution is 2.06. The van der Waals surface area contributed by atoms with E-state index in [-0.39, 0.29) is 11.9 Å². The monoisotopic (exact) mass is 392 g/mol. The Hall–Kier alpha value is -3.12. The first-order valence-corrected chi connectivity index (χ1v) is 10.0. The van der Waals surface area contributed by atoms with Crippen molar-refractivity contribution in [3.8, 4) is 0 Å². The van der Waals surface area contributed by atoms with Gasteiger partial charge in [-0.15, -0.1) is 0 Å². The standard InChI is InChI=1S/C23H28N4O2/c28-22(13-14-24-23(29)25-21-11-5-2-6-12-21)27-18-16-26(17-19-27)15-7-10-20-8-3-1-4-9-20/h1-12H,13-19H2,(H2,24,25,29)/b10-7+. The lowest BCUT2D eigenvalue weighted by atomic mass is 10.2. The maximum absolute atomic E-state index is 12.4. The SMILES string of the molecule is O=C(NCCC(=O)N1CCN(C/C=C/c2ccccc2)CC1)Nc1ccccc1. The van der Waals surface area contributed by atoms with Crippen molar-refractivity contribution in [3.63, 3.8) is 0 Å². The average Bonchev–Trinajstić information content (AvgIpc) is 2.75. The summed E-state index contributed by atoms with van der Waals surface area (Å²) < 4.78 is 0. The molecule has 6 heteroatoms. The Morgan fingerprint density at radius 2 is 1.55 bits per heavy atom. The van der Waals surface area contributed by atoms with Crippen LogP contribution in [-0.4, -0.2) is 61.0 Å². The van der Waals surface area contributed by atoms with Crippen molar-refractivity contribution < 1.29 is 9.59 Å². The van der Waals surface area contributed by atoms with Crippen LogP contribution in [0.15, 0.2) is 66.7 Å². The second kappa shape index (κ2) is 11.0. The van der Waals surface area contributed by atoms with Crippen LogP contribution >= 0.6 is 0 Å². The summed E-state index contributed by atoms with van der Waals surface area (Å²) in [5.74, 6) is 0.0875. The van der Waals surface area contributed by atoms with Gasteiger partial charge in [0.15, 0.2) is 0 Å². The third kappa shape index (κ3) is 7.08. The molecular formula is C23H28N4O2. The third-order valence-electron chi connectivity index (χ3n) is 4.85. The number of para-hydroxylation sites is 1. The van der Waals surface area contributed by atoms with Crippen molar-refractivity contribution in [3.05, 3.63) is 72.3 Å². The molecule has 1 aliphatic rings. The number of carbonyl (C=O) groups excluding carboxylic acids is 2. The number of benzene rings is 2. The number of rotatable bonds is 7. The van der Waals surface area contributed by atoms with Crippen LogP contribution in [0.25, 0.3) is 6.08 Å². The minimum Gasteiger partial charge on any atom is -0.340 e. The van der Waals surface area contributed by atoms with E-state index in [1.807, 2.05) is 53.4 Å². The van der Waals surface area contributed by atoms with Crippen molar-refractivity contribution in [2.24, 2.45) is 0 Å². The zero-order valence-electron chi connectivity index (χ0n) is 16.6. The Morgan fingerprint density at radius 3 is 2.24 bits per heavy atom. The smallest absolute Gasteiger partial charge is 0.319 e. The Kier molecular flexibility index (Phi) is 7.83. The summed E-state index contributed by atoms with van der Waals surface area (Å²) in [6, 6.07) is 19.2. The van der Waals surface area contributed by atoms with Gasteiger partial charge >= 0.3 is 6.03 Å². The predicted octanol–water partition coefficient (Wildman–Crippen LogP) is 3.06. The van der Waals surface area contributed by atoms with E-state index in [1.165, 1.54) is 5.56 Å². The van der Waals surface area contributed by atoms with Crippen LogP contribution in [0, 0.1) is 0 Å². The molecule has 1 heterocycles. The van der Waals surface area contributed by atoms with Gasteiger partial charge in [-0.2, -0.15) is 0 Å². The van der Waals surface area contributed by atoms with Gasteiger partial charge < -0.3 is 15.5 Å². The molecule has 0 aliphatic carbocycles. The molecule has 6 nitrogen and oxygen atoms in total. The maximum atomic E-state index is 12.4. The van der Waals surface area contributed by atoms with Crippen molar-refractivity contribution in [2.75, 3.05) is 44.6 Å². The summed E-state index contributed by atoms with van der Waals surface area (Å²) in [4.78, 5) is 28.4. The summed E-state index contributed by atoms with van der Waals surface area (Å²) in [6.07, 6.45) is 4.61. The van der Waals surface area contributed by atoms with Gasteiger partial charge in [0.05, 0.1) is 0 Å². The third-order valence-corrected chi connectivity index (χ3v) is 4.85. The highest BCUT2D eigenvalue weighted by atomic mass is 16.2. The van der Waals surface area contributed by atoms with E-state index < -0.39 is 0 Å². The lowest BCUT2D eigenvalue weighted by Gasteiger charge is -2.34. The highest BCUT2D eigenvalue weighted by Gasteiger charge is 2.20. The zero-order valence-corrected chi connectivity index (χ0v) is 16.6. The first kappa shape index (κ1) is 20.6. The lowest BCUT2D eigenvalue weighted by molar-refractivity contribution is -0.132. The molecule has 0 atom stereocenters. The molecule has 29 heavy (non-hydrogen) atoms. The molecule has 1 saturated heterocycles. The van der Waals surface area contributed by atoms with Gasteiger partial charge in [-0.25, -0.2) is 4.79 Å². The summed E-state index contributed by atoms with van der Waals surface area (Å²) in [5.41, 5.74) is 1.93. The summed E-state index contributed by atoms with van der Waals surface area (Å²) in [5, 5.41) is 5.48. The molecular weight excluding hydrogens is 364 g/mol. The molecule has 0 unspecified atom stereocenters. The van der Waals surface area contributed by atoms with Gasteiger partial charge in [-0.3, -0.25) is 9.69 Å². The van der Waals surface area contributed by atoms with E-state index in [9.17, 15) is 9.59 Å². The number of amides is 3. The highest BCUT2D eigenvalue weighted by molar-refractivity contribution is 5.89. The first-order chi connectivity index (χ1) is 14.2. The largest absolute Gasteiger partial charge is 0.340 e. The number of nitrogens with one attached hydrogen (secondary N) is 2. The number of carbonyl (C=O) groups is 2. The number of anilines is 1. The van der Waals surface area contributed by atoms with Gasteiger partial charge in [0.2, 0.25) is 5.91 Å². The van der Waals surface area contributed by atoms with Gasteiger partial charge in [-0.1, -0.05) is 60.7 Å². The van der Waals surface area contributed by atoms with Crippen LogP contribution < -0.4 is 10.6 Å². The summed E-state index contributed by atoms with van der Waals surface area (Å²) in [7, 11) is 0. The van der Waals surface area contributed by atoms with Gasteiger partial charge in [-0.05, 0) is 17.7 Å². The molecule has 1 aliphatic heterocycles. The molecule has 2 N–H and O–H groups in total. The Balaban J connectivity index is 1.30. The van der Waals surface area contributed by atoms with Crippen LogP contribution in [0.5, 0.6) is 0 Å². The zero-order chi connectivity index (χ0) is 20.3. The second-order valence-corrected chi connectivity index (χ2v) is 6.99. The van der Waals surface area contributed by atoms with Crippen LogP contribution in [0.2, 0.25) is 0 Å². The molecule has 3 amide bonds. The van der Waals surface area contributed by atoms with Gasteiger partial charge in [0, 0.05) is 51.4 Å². The van der Waals surface area contributed by atoms with Crippen molar-refractivity contribution in [1.29, 1.82) is 0 Å². The molecule has 0 bridgehead atoms. The van der Waals surface area contributed by atoms with Crippen LogP contribution in [0.3, 0.4) is 0 Å². The Labute approximate surface area is 172 Å².